The fourth-order valence-electron chi connectivity index (χ4n) is 4.73. The Morgan fingerprint density at radius 1 is 1.13 bits per heavy atom. The van der Waals surface area contributed by atoms with E-state index in [1.807, 2.05) is 0 Å². The Kier molecular flexibility index (Phi) is 8.85. The predicted molar refractivity (Wildman–Crippen MR) is 138 cm³/mol. The Labute approximate surface area is 224 Å². The molecule has 39 heavy (non-hydrogen) atoms. The van der Waals surface area contributed by atoms with E-state index in [1.165, 1.54) is 6.07 Å². The number of benzene rings is 2. The molecular formula is C27H31F3N6O3. The van der Waals surface area contributed by atoms with Gasteiger partial charge < -0.3 is 15.3 Å². The minimum absolute atomic E-state index is 0.0536. The van der Waals surface area contributed by atoms with Gasteiger partial charge in [-0.25, -0.2) is 4.79 Å². The molecule has 1 aliphatic carbocycles. The number of nitrogens with one attached hydrogen (secondary N) is 2. The van der Waals surface area contributed by atoms with Gasteiger partial charge in [-0.3, -0.25) is 14.8 Å². The van der Waals surface area contributed by atoms with Crippen molar-refractivity contribution in [3.8, 4) is 0 Å². The summed E-state index contributed by atoms with van der Waals surface area (Å²) < 4.78 is 47.4. The normalized spacial score (nSPS) is 18.3. The van der Waals surface area contributed by atoms with Gasteiger partial charge in [-0.05, 0) is 67.2 Å². The lowest BCUT2D eigenvalue weighted by atomic mass is 9.86. The maximum Gasteiger partial charge on any atom is 0.416 e. The number of rotatable bonds is 8. The molecule has 1 aliphatic rings. The van der Waals surface area contributed by atoms with Crippen LogP contribution in [0.3, 0.4) is 0 Å². The van der Waals surface area contributed by atoms with Crippen molar-refractivity contribution in [1.82, 2.24) is 10.2 Å². The molecule has 1 aromatic heterocycles. The van der Waals surface area contributed by atoms with E-state index in [9.17, 15) is 23.1 Å². The molecule has 0 aliphatic heterocycles. The van der Waals surface area contributed by atoms with Gasteiger partial charge in [0.2, 0.25) is 5.27 Å². The molecule has 208 valence electrons. The first kappa shape index (κ1) is 28.1. The van der Waals surface area contributed by atoms with Crippen molar-refractivity contribution >= 4 is 29.2 Å². The van der Waals surface area contributed by atoms with Crippen LogP contribution in [0, 0.1) is 5.92 Å². The molecule has 0 unspecified atom stereocenters. The number of hydrogen-bond acceptors (Lipinski definition) is 6. The number of urea groups is 1. The summed E-state index contributed by atoms with van der Waals surface area (Å²) in [5.74, 6) is 0.0700. The van der Waals surface area contributed by atoms with Crippen LogP contribution in [0.2, 0.25) is 0 Å². The molecule has 9 nitrogen and oxygen atoms in total. The van der Waals surface area contributed by atoms with E-state index in [4.69, 9.17) is 4.52 Å². The fourth-order valence-corrected chi connectivity index (χ4v) is 4.73. The number of carbonyl (C=O) groups is 1. The molecule has 0 radical (unpaired) electrons. The van der Waals surface area contributed by atoms with E-state index < -0.39 is 23.7 Å². The third kappa shape index (κ3) is 8.28. The lowest BCUT2D eigenvalue weighted by molar-refractivity contribution is -0.787. The van der Waals surface area contributed by atoms with Crippen molar-refractivity contribution in [2.75, 3.05) is 31.3 Å². The monoisotopic (exact) mass is 544 g/mol. The van der Waals surface area contributed by atoms with Crippen LogP contribution in [0.15, 0.2) is 64.2 Å². The summed E-state index contributed by atoms with van der Waals surface area (Å²) in [6.07, 6.45) is 0.769. The number of hydrogen-bond donors (Lipinski definition) is 2. The Bertz CT molecular complexity index is 1290. The summed E-state index contributed by atoms with van der Waals surface area (Å²) in [7, 11) is 4.12. The molecule has 12 heteroatoms. The average molecular weight is 545 g/mol. The van der Waals surface area contributed by atoms with Crippen molar-refractivity contribution in [2.45, 2.75) is 44.3 Å². The van der Waals surface area contributed by atoms with Gasteiger partial charge in [0.1, 0.15) is 0 Å². The van der Waals surface area contributed by atoms with Gasteiger partial charge in [-0.2, -0.15) is 13.2 Å². The van der Waals surface area contributed by atoms with Crippen molar-refractivity contribution in [3.05, 3.63) is 65.9 Å². The second-order valence-electron chi connectivity index (χ2n) is 10.00. The average Bonchev–Trinajstić information content (AvgIpc) is 3.32. The molecule has 0 bridgehead atoms. The standard InChI is InChI=1S/C27H31F3N6O3/c1-35(2)16-19-8-10-23(11-9-19)36-17-25(39-34-36)33-26(38)32-22-14-20(27(28,29)30)13-21(15-22)31-24(37)12-18-6-4-3-5-7-18/h3-7,13-15,17,19,23H,8-12,16H2,1-2H3,(H2-,31,32,33,34,37,38). The van der Waals surface area contributed by atoms with E-state index in [1.54, 1.807) is 41.2 Å². The van der Waals surface area contributed by atoms with Crippen LogP contribution in [0.5, 0.6) is 0 Å². The zero-order valence-corrected chi connectivity index (χ0v) is 21.7. The summed E-state index contributed by atoms with van der Waals surface area (Å²) in [4.78, 5) is 18.5. The maximum atomic E-state index is 13.5. The van der Waals surface area contributed by atoms with Gasteiger partial charge >= 0.3 is 18.1 Å². The van der Waals surface area contributed by atoms with Gasteiger partial charge in [-0.1, -0.05) is 30.3 Å². The van der Waals surface area contributed by atoms with Crippen LogP contribution < -0.4 is 20.4 Å². The molecule has 1 fully saturated rings. The third-order valence-corrected chi connectivity index (χ3v) is 6.49. The summed E-state index contributed by atoms with van der Waals surface area (Å²) in [5.41, 5.74) is -0.764. The molecule has 1 heterocycles. The Balaban J connectivity index is 1.41. The minimum Gasteiger partial charge on any atom is -0.861 e. The Morgan fingerprint density at radius 2 is 1.85 bits per heavy atom. The number of amides is 2. The van der Waals surface area contributed by atoms with E-state index in [2.05, 4.69) is 39.9 Å². The molecule has 2 aromatic carbocycles. The second-order valence-corrected chi connectivity index (χ2v) is 10.00. The van der Waals surface area contributed by atoms with Crippen molar-refractivity contribution in [3.63, 3.8) is 0 Å². The summed E-state index contributed by atoms with van der Waals surface area (Å²) >= 11 is 0. The molecule has 2 amide bonds. The molecule has 0 atom stereocenters. The van der Waals surface area contributed by atoms with E-state index >= 15 is 0 Å². The molecule has 4 rings (SSSR count). The quantitative estimate of drug-likeness (QED) is 0.246. The maximum absolute atomic E-state index is 13.5. The number of alkyl halides is 3. The highest BCUT2D eigenvalue weighted by Crippen LogP contribution is 2.34. The first-order valence-corrected chi connectivity index (χ1v) is 12.7. The van der Waals surface area contributed by atoms with Gasteiger partial charge in [0, 0.05) is 31.5 Å². The largest absolute Gasteiger partial charge is 0.861 e. The number of anilines is 2. The van der Waals surface area contributed by atoms with Crippen LogP contribution >= 0.6 is 0 Å². The molecule has 2 N–H and O–H groups in total. The first-order valence-electron chi connectivity index (χ1n) is 12.7. The Morgan fingerprint density at radius 3 is 2.51 bits per heavy atom. The van der Waals surface area contributed by atoms with Crippen molar-refractivity contribution in [1.29, 1.82) is 0 Å². The summed E-state index contributed by atoms with van der Waals surface area (Å²) in [5, 5.41) is 21.2. The van der Waals surface area contributed by atoms with E-state index in [0.29, 0.717) is 11.5 Å². The van der Waals surface area contributed by atoms with E-state index in [-0.39, 0.29) is 29.7 Å². The van der Waals surface area contributed by atoms with Crippen molar-refractivity contribution < 1.29 is 32.3 Å². The zero-order valence-electron chi connectivity index (χ0n) is 21.7. The number of aromatic nitrogens is 2. The highest BCUT2D eigenvalue weighted by Gasteiger charge is 2.32. The lowest BCUT2D eigenvalue weighted by Crippen LogP contribution is -2.43. The van der Waals surface area contributed by atoms with Gasteiger partial charge in [0.05, 0.1) is 11.3 Å². The fraction of sp³-hybridized carbons (Fsp3) is 0.407. The predicted octanol–water partition coefficient (Wildman–Crippen LogP) is 4.55. The highest BCUT2D eigenvalue weighted by molar-refractivity contribution is 5.99. The van der Waals surface area contributed by atoms with Crippen LogP contribution in [-0.4, -0.2) is 42.7 Å². The highest BCUT2D eigenvalue weighted by atomic mass is 19.4. The number of aliphatic imine (C=N–C) groups is 1. The number of halogens is 3. The third-order valence-electron chi connectivity index (χ3n) is 6.49. The Hall–Kier alpha value is -3.93. The number of nitrogens with zero attached hydrogens (tertiary/aromatic N) is 4. The summed E-state index contributed by atoms with van der Waals surface area (Å²) in [6.45, 7) is 1.04. The van der Waals surface area contributed by atoms with Gasteiger partial charge in [0.15, 0.2) is 6.04 Å². The first-order chi connectivity index (χ1) is 18.5. The molecular weight excluding hydrogens is 513 g/mol. The summed E-state index contributed by atoms with van der Waals surface area (Å²) in [6, 6.07) is 10.8. The smallest absolute Gasteiger partial charge is 0.416 e. The molecule has 0 saturated heterocycles. The van der Waals surface area contributed by atoms with E-state index in [0.717, 1.165) is 44.4 Å². The van der Waals surface area contributed by atoms with Gasteiger partial charge in [-0.15, -0.1) is 0 Å². The topological polar surface area (TPSA) is 110 Å². The molecule has 3 aromatic rings. The zero-order chi connectivity index (χ0) is 28.0. The second kappa shape index (κ2) is 12.3. The SMILES string of the molecule is CN(C)CC1CCC([n+]2cc(NC(=O)Nc3cc(N=C([O-])Cc4ccccc4)cc(C(F)(F)F)c3)on2)CC1. The van der Waals surface area contributed by atoms with Crippen molar-refractivity contribution in [2.24, 2.45) is 10.9 Å². The number of carbonyl (C=O) groups excluding carboxylic acids is 1. The molecule has 0 spiro atoms. The molecule has 1 saturated carbocycles. The van der Waals surface area contributed by atoms with Crippen LogP contribution in [-0.2, 0) is 12.6 Å². The lowest BCUT2D eigenvalue weighted by Gasteiger charge is -2.26. The van der Waals surface area contributed by atoms with Gasteiger partial charge in [0.25, 0.3) is 6.20 Å². The van der Waals surface area contributed by atoms with Crippen LogP contribution in [0.4, 0.5) is 35.2 Å². The minimum atomic E-state index is -4.71. The van der Waals surface area contributed by atoms with Crippen LogP contribution in [0.25, 0.3) is 0 Å². The van der Waals surface area contributed by atoms with Crippen LogP contribution in [0.1, 0.15) is 42.9 Å².